The predicted molar refractivity (Wildman–Crippen MR) is 82.5 cm³/mol. The molecule has 3 N–H and O–H groups in total. The monoisotopic (exact) mass is 282 g/mol. The Labute approximate surface area is 122 Å². The summed E-state index contributed by atoms with van der Waals surface area (Å²) >= 11 is 0. The molecule has 3 aromatic rings. The highest BCUT2D eigenvalue weighted by Crippen LogP contribution is 2.18. The number of carbonyl (C=O) groups excluding carboxylic acids is 1. The molecule has 2 aromatic heterocycles. The maximum atomic E-state index is 12.7. The first-order chi connectivity index (χ1) is 10.1. The minimum atomic E-state index is -0.109. The van der Waals surface area contributed by atoms with Crippen molar-refractivity contribution >= 4 is 16.8 Å². The van der Waals surface area contributed by atoms with Crippen LogP contribution in [0.4, 0.5) is 0 Å². The zero-order valence-electron chi connectivity index (χ0n) is 12.2. The summed E-state index contributed by atoms with van der Waals surface area (Å²) in [6, 6.07) is 7.57. The third kappa shape index (κ3) is 2.25. The second-order valence-corrected chi connectivity index (χ2v) is 5.18. The van der Waals surface area contributed by atoms with E-state index in [1.165, 1.54) is 4.68 Å². The van der Waals surface area contributed by atoms with Crippen molar-refractivity contribution < 1.29 is 4.79 Å². The predicted octanol–water partition coefficient (Wildman–Crippen LogP) is 2.17. The van der Waals surface area contributed by atoms with Crippen LogP contribution in [0, 0.1) is 13.8 Å². The van der Waals surface area contributed by atoms with Crippen LogP contribution in [0.3, 0.4) is 0 Å². The van der Waals surface area contributed by atoms with Gasteiger partial charge in [-0.05, 0) is 56.6 Å². The molecule has 0 radical (unpaired) electrons. The van der Waals surface area contributed by atoms with E-state index in [1.807, 2.05) is 44.3 Å². The summed E-state index contributed by atoms with van der Waals surface area (Å²) in [6.45, 7) is 4.38. The van der Waals surface area contributed by atoms with Gasteiger partial charge in [0.05, 0.1) is 5.69 Å². The first-order valence-electron chi connectivity index (χ1n) is 6.99. The van der Waals surface area contributed by atoms with E-state index in [2.05, 4.69) is 10.1 Å². The highest BCUT2D eigenvalue weighted by molar-refractivity contribution is 5.99. The molecule has 108 valence electrons. The highest BCUT2D eigenvalue weighted by atomic mass is 16.2. The minimum absolute atomic E-state index is 0.109. The van der Waals surface area contributed by atoms with E-state index in [4.69, 9.17) is 5.73 Å². The number of nitrogens with one attached hydrogen (secondary N) is 1. The maximum Gasteiger partial charge on any atom is 0.278 e. The van der Waals surface area contributed by atoms with Crippen LogP contribution in [0.1, 0.15) is 27.3 Å². The maximum absolute atomic E-state index is 12.7. The van der Waals surface area contributed by atoms with Gasteiger partial charge in [-0.1, -0.05) is 0 Å². The summed E-state index contributed by atoms with van der Waals surface area (Å²) in [5, 5.41) is 5.39. The number of aromatic amines is 1. The summed E-state index contributed by atoms with van der Waals surface area (Å²) < 4.78 is 1.48. The fourth-order valence-corrected chi connectivity index (χ4v) is 2.69. The average molecular weight is 282 g/mol. The van der Waals surface area contributed by atoms with Crippen molar-refractivity contribution in [3.8, 4) is 0 Å². The van der Waals surface area contributed by atoms with Crippen LogP contribution >= 0.6 is 0 Å². The molecular weight excluding hydrogens is 264 g/mol. The zero-order valence-corrected chi connectivity index (χ0v) is 12.2. The second-order valence-electron chi connectivity index (χ2n) is 5.18. The van der Waals surface area contributed by atoms with Crippen LogP contribution in [-0.4, -0.2) is 27.2 Å². The van der Waals surface area contributed by atoms with Crippen molar-refractivity contribution in [2.45, 2.75) is 20.3 Å². The van der Waals surface area contributed by atoms with E-state index < -0.39 is 0 Å². The largest absolute Gasteiger partial charge is 0.361 e. The molecule has 0 aliphatic rings. The van der Waals surface area contributed by atoms with Crippen LogP contribution in [0.2, 0.25) is 0 Å². The fraction of sp³-hybridized carbons (Fsp3) is 0.250. The van der Waals surface area contributed by atoms with Gasteiger partial charge < -0.3 is 10.7 Å². The molecule has 0 aliphatic carbocycles. The van der Waals surface area contributed by atoms with Gasteiger partial charge >= 0.3 is 0 Å². The molecule has 0 spiro atoms. The number of carbonyl (C=O) groups is 1. The molecule has 0 unspecified atom stereocenters. The molecule has 21 heavy (non-hydrogen) atoms. The SMILES string of the molecule is Cc1nn(C(=O)c2ccc3[nH]ccc3c2)c(C)c1CCN. The van der Waals surface area contributed by atoms with E-state index in [9.17, 15) is 4.79 Å². The summed E-state index contributed by atoms with van der Waals surface area (Å²) in [6.07, 6.45) is 2.60. The van der Waals surface area contributed by atoms with Crippen LogP contribution in [-0.2, 0) is 6.42 Å². The molecule has 0 fully saturated rings. The number of fused-ring (bicyclic) bond motifs is 1. The Kier molecular flexibility index (Phi) is 3.35. The molecular formula is C16H18N4O. The molecule has 5 heteroatoms. The van der Waals surface area contributed by atoms with Crippen molar-refractivity contribution in [3.05, 3.63) is 53.0 Å². The van der Waals surface area contributed by atoms with Crippen molar-refractivity contribution in [2.75, 3.05) is 6.54 Å². The quantitative estimate of drug-likeness (QED) is 0.773. The number of rotatable bonds is 3. The van der Waals surface area contributed by atoms with E-state index in [0.29, 0.717) is 12.1 Å². The lowest BCUT2D eigenvalue weighted by atomic mass is 10.1. The first-order valence-corrected chi connectivity index (χ1v) is 6.99. The number of aryl methyl sites for hydroxylation is 1. The number of benzene rings is 1. The Morgan fingerprint density at radius 2 is 2.14 bits per heavy atom. The summed E-state index contributed by atoms with van der Waals surface area (Å²) in [5.74, 6) is -0.109. The molecule has 0 bridgehead atoms. The van der Waals surface area contributed by atoms with E-state index >= 15 is 0 Å². The van der Waals surface area contributed by atoms with Gasteiger partial charge in [-0.2, -0.15) is 5.10 Å². The van der Waals surface area contributed by atoms with Crippen molar-refractivity contribution in [1.82, 2.24) is 14.8 Å². The number of hydrogen-bond donors (Lipinski definition) is 2. The Morgan fingerprint density at radius 3 is 2.90 bits per heavy atom. The molecule has 0 atom stereocenters. The highest BCUT2D eigenvalue weighted by Gasteiger charge is 2.17. The first kappa shape index (κ1) is 13.6. The molecule has 0 saturated carbocycles. The Bertz CT molecular complexity index is 813. The van der Waals surface area contributed by atoms with Gasteiger partial charge in [0.15, 0.2) is 0 Å². The molecule has 2 heterocycles. The Balaban J connectivity index is 2.03. The second kappa shape index (κ2) is 5.18. The van der Waals surface area contributed by atoms with E-state index in [-0.39, 0.29) is 5.91 Å². The normalized spacial score (nSPS) is 11.2. The fourth-order valence-electron chi connectivity index (χ4n) is 2.69. The van der Waals surface area contributed by atoms with Gasteiger partial charge in [0.1, 0.15) is 0 Å². The number of nitrogens with zero attached hydrogens (tertiary/aromatic N) is 2. The van der Waals surface area contributed by atoms with Crippen LogP contribution in [0.25, 0.3) is 10.9 Å². The van der Waals surface area contributed by atoms with E-state index in [1.54, 1.807) is 0 Å². The number of aromatic nitrogens is 3. The smallest absolute Gasteiger partial charge is 0.278 e. The Hall–Kier alpha value is -2.40. The van der Waals surface area contributed by atoms with Crippen LogP contribution < -0.4 is 5.73 Å². The molecule has 5 nitrogen and oxygen atoms in total. The third-order valence-corrected chi connectivity index (χ3v) is 3.83. The van der Waals surface area contributed by atoms with Crippen LogP contribution in [0.5, 0.6) is 0 Å². The molecule has 0 saturated heterocycles. The lowest BCUT2D eigenvalue weighted by molar-refractivity contribution is 0.0942. The third-order valence-electron chi connectivity index (χ3n) is 3.83. The van der Waals surface area contributed by atoms with Crippen molar-refractivity contribution in [2.24, 2.45) is 5.73 Å². The van der Waals surface area contributed by atoms with Gasteiger partial charge in [-0.3, -0.25) is 4.79 Å². The minimum Gasteiger partial charge on any atom is -0.361 e. The summed E-state index contributed by atoms with van der Waals surface area (Å²) in [4.78, 5) is 15.8. The standard InChI is InChI=1S/C16H18N4O/c1-10-14(5-7-17)11(2)20(19-10)16(21)13-3-4-15-12(9-13)6-8-18-15/h3-4,6,8-9,18H,5,7,17H2,1-2H3. The van der Waals surface area contributed by atoms with Gasteiger partial charge in [-0.25, -0.2) is 4.68 Å². The van der Waals surface area contributed by atoms with Gasteiger partial charge in [0.2, 0.25) is 0 Å². The lowest BCUT2D eigenvalue weighted by Gasteiger charge is -2.04. The number of H-pyrrole nitrogens is 1. The van der Waals surface area contributed by atoms with Gasteiger partial charge in [0.25, 0.3) is 5.91 Å². The number of hydrogen-bond acceptors (Lipinski definition) is 3. The van der Waals surface area contributed by atoms with Gasteiger partial charge in [-0.15, -0.1) is 0 Å². The summed E-state index contributed by atoms with van der Waals surface area (Å²) in [7, 11) is 0. The molecule has 0 aliphatic heterocycles. The lowest BCUT2D eigenvalue weighted by Crippen LogP contribution is -2.15. The van der Waals surface area contributed by atoms with Crippen molar-refractivity contribution in [3.63, 3.8) is 0 Å². The summed E-state index contributed by atoms with van der Waals surface area (Å²) in [5.41, 5.74) is 10.1. The number of nitrogens with two attached hydrogens (primary N) is 1. The molecule has 3 rings (SSSR count). The molecule has 0 amide bonds. The van der Waals surface area contributed by atoms with Crippen LogP contribution in [0.15, 0.2) is 30.5 Å². The molecule has 1 aromatic carbocycles. The topological polar surface area (TPSA) is 76.7 Å². The Morgan fingerprint density at radius 1 is 1.33 bits per heavy atom. The average Bonchev–Trinajstić information content (AvgIpc) is 3.05. The van der Waals surface area contributed by atoms with Crippen molar-refractivity contribution in [1.29, 1.82) is 0 Å². The van der Waals surface area contributed by atoms with E-state index in [0.717, 1.165) is 34.3 Å². The zero-order chi connectivity index (χ0) is 15.0. The van der Waals surface area contributed by atoms with Gasteiger partial charge in [0, 0.05) is 28.4 Å².